The molecule has 0 saturated carbocycles. The highest BCUT2D eigenvalue weighted by atomic mass is 15.2. The van der Waals surface area contributed by atoms with E-state index in [9.17, 15) is 0 Å². The standard InChI is InChI=1S/C11H20N4/c1-2-12-4-3-6-14-8-9-15-7-5-13-11(15)10-14/h5,7,12H,2-4,6,8-10H2,1H3. The highest BCUT2D eigenvalue weighted by Crippen LogP contribution is 2.09. The predicted octanol–water partition coefficient (Wildman–Crippen LogP) is 0.698. The van der Waals surface area contributed by atoms with E-state index in [-0.39, 0.29) is 0 Å². The Morgan fingerprint density at radius 2 is 2.40 bits per heavy atom. The summed E-state index contributed by atoms with van der Waals surface area (Å²) in [5, 5.41) is 3.35. The van der Waals surface area contributed by atoms with Crippen LogP contribution in [-0.4, -0.2) is 40.6 Å². The number of fused-ring (bicyclic) bond motifs is 1. The van der Waals surface area contributed by atoms with Gasteiger partial charge >= 0.3 is 0 Å². The molecule has 1 N–H and O–H groups in total. The van der Waals surface area contributed by atoms with Gasteiger partial charge in [-0.1, -0.05) is 6.92 Å². The topological polar surface area (TPSA) is 33.1 Å². The van der Waals surface area contributed by atoms with Crippen LogP contribution in [0, 0.1) is 0 Å². The van der Waals surface area contributed by atoms with Gasteiger partial charge in [-0.15, -0.1) is 0 Å². The molecule has 0 spiro atoms. The molecule has 1 aliphatic rings. The Bertz CT molecular complexity index is 295. The molecule has 84 valence electrons. The normalized spacial score (nSPS) is 16.6. The molecule has 4 nitrogen and oxygen atoms in total. The van der Waals surface area contributed by atoms with Gasteiger partial charge in [-0.2, -0.15) is 0 Å². The van der Waals surface area contributed by atoms with Crippen molar-refractivity contribution in [2.24, 2.45) is 0 Å². The maximum Gasteiger partial charge on any atom is 0.122 e. The lowest BCUT2D eigenvalue weighted by Gasteiger charge is -2.27. The van der Waals surface area contributed by atoms with E-state index in [1.54, 1.807) is 0 Å². The average molecular weight is 208 g/mol. The summed E-state index contributed by atoms with van der Waals surface area (Å²) in [7, 11) is 0. The first-order chi connectivity index (χ1) is 7.40. The van der Waals surface area contributed by atoms with E-state index < -0.39 is 0 Å². The van der Waals surface area contributed by atoms with E-state index in [4.69, 9.17) is 0 Å². The van der Waals surface area contributed by atoms with E-state index in [0.29, 0.717) is 0 Å². The van der Waals surface area contributed by atoms with Gasteiger partial charge in [0.1, 0.15) is 5.82 Å². The first-order valence-corrected chi connectivity index (χ1v) is 5.83. The number of hydrogen-bond donors (Lipinski definition) is 1. The van der Waals surface area contributed by atoms with Crippen LogP contribution in [0.2, 0.25) is 0 Å². The molecule has 1 aromatic heterocycles. The fraction of sp³-hybridized carbons (Fsp3) is 0.727. The largest absolute Gasteiger partial charge is 0.333 e. The zero-order valence-electron chi connectivity index (χ0n) is 9.45. The Morgan fingerprint density at radius 1 is 1.47 bits per heavy atom. The van der Waals surface area contributed by atoms with Gasteiger partial charge in [0.05, 0.1) is 6.54 Å². The van der Waals surface area contributed by atoms with Crippen molar-refractivity contribution in [1.82, 2.24) is 19.8 Å². The Balaban J connectivity index is 1.73. The van der Waals surface area contributed by atoms with Gasteiger partial charge < -0.3 is 9.88 Å². The van der Waals surface area contributed by atoms with E-state index in [0.717, 1.165) is 32.7 Å². The number of hydrogen-bond acceptors (Lipinski definition) is 3. The Morgan fingerprint density at radius 3 is 3.27 bits per heavy atom. The molecule has 2 rings (SSSR count). The zero-order chi connectivity index (χ0) is 10.5. The first-order valence-electron chi connectivity index (χ1n) is 5.83. The van der Waals surface area contributed by atoms with Crippen molar-refractivity contribution in [3.8, 4) is 0 Å². The van der Waals surface area contributed by atoms with Crippen LogP contribution in [0.4, 0.5) is 0 Å². The molecule has 0 atom stereocenters. The Kier molecular flexibility index (Phi) is 3.75. The highest BCUT2D eigenvalue weighted by molar-refractivity contribution is 4.95. The van der Waals surface area contributed by atoms with Gasteiger partial charge in [0.25, 0.3) is 0 Å². The number of aromatic nitrogens is 2. The van der Waals surface area contributed by atoms with Crippen LogP contribution >= 0.6 is 0 Å². The summed E-state index contributed by atoms with van der Waals surface area (Å²) in [5.74, 6) is 1.21. The summed E-state index contributed by atoms with van der Waals surface area (Å²) in [6.07, 6.45) is 5.21. The molecular weight excluding hydrogens is 188 g/mol. The second-order valence-corrected chi connectivity index (χ2v) is 4.02. The third kappa shape index (κ3) is 2.79. The lowest BCUT2D eigenvalue weighted by molar-refractivity contribution is 0.214. The zero-order valence-corrected chi connectivity index (χ0v) is 9.45. The van der Waals surface area contributed by atoms with Gasteiger partial charge in [-0.05, 0) is 26.1 Å². The van der Waals surface area contributed by atoms with Crippen molar-refractivity contribution in [1.29, 1.82) is 0 Å². The van der Waals surface area contributed by atoms with Crippen LogP contribution < -0.4 is 5.32 Å². The van der Waals surface area contributed by atoms with Gasteiger partial charge in [0.15, 0.2) is 0 Å². The number of imidazole rings is 1. The van der Waals surface area contributed by atoms with Crippen LogP contribution in [0.15, 0.2) is 12.4 Å². The minimum atomic E-state index is 1.01. The summed E-state index contributed by atoms with van der Waals surface area (Å²) in [6.45, 7) is 8.80. The Hall–Kier alpha value is -0.870. The number of nitrogens with zero attached hydrogens (tertiary/aromatic N) is 3. The number of nitrogens with one attached hydrogen (secondary N) is 1. The molecule has 0 aliphatic carbocycles. The minimum absolute atomic E-state index is 1.01. The van der Waals surface area contributed by atoms with Crippen molar-refractivity contribution in [3.63, 3.8) is 0 Å². The molecular formula is C11H20N4. The minimum Gasteiger partial charge on any atom is -0.333 e. The molecule has 2 heterocycles. The lowest BCUT2D eigenvalue weighted by Crippen LogP contribution is -2.35. The molecule has 4 heteroatoms. The summed E-state index contributed by atoms with van der Waals surface area (Å²) >= 11 is 0. The number of rotatable bonds is 5. The second-order valence-electron chi connectivity index (χ2n) is 4.02. The fourth-order valence-corrected chi connectivity index (χ4v) is 2.02. The molecule has 1 aromatic rings. The second kappa shape index (κ2) is 5.28. The lowest BCUT2D eigenvalue weighted by atomic mass is 10.3. The van der Waals surface area contributed by atoms with E-state index in [2.05, 4.69) is 32.9 Å². The van der Waals surface area contributed by atoms with E-state index in [1.165, 1.54) is 18.8 Å². The first kappa shape index (κ1) is 10.6. The maximum absolute atomic E-state index is 4.36. The third-order valence-corrected chi connectivity index (χ3v) is 2.90. The van der Waals surface area contributed by atoms with Crippen molar-refractivity contribution >= 4 is 0 Å². The monoisotopic (exact) mass is 208 g/mol. The SMILES string of the molecule is CCNCCCN1CCn2ccnc2C1. The maximum atomic E-state index is 4.36. The Labute approximate surface area is 91.3 Å². The molecule has 0 saturated heterocycles. The molecule has 15 heavy (non-hydrogen) atoms. The van der Waals surface area contributed by atoms with Crippen LogP contribution in [0.3, 0.4) is 0 Å². The molecule has 1 aliphatic heterocycles. The summed E-state index contributed by atoms with van der Waals surface area (Å²) in [6, 6.07) is 0. The van der Waals surface area contributed by atoms with Crippen LogP contribution in [-0.2, 0) is 13.1 Å². The highest BCUT2D eigenvalue weighted by Gasteiger charge is 2.15. The van der Waals surface area contributed by atoms with Gasteiger partial charge in [-0.25, -0.2) is 4.98 Å². The van der Waals surface area contributed by atoms with Crippen molar-refractivity contribution in [3.05, 3.63) is 18.2 Å². The summed E-state index contributed by atoms with van der Waals surface area (Å²) in [5.41, 5.74) is 0. The van der Waals surface area contributed by atoms with Gasteiger partial charge in [0.2, 0.25) is 0 Å². The van der Waals surface area contributed by atoms with E-state index >= 15 is 0 Å². The van der Waals surface area contributed by atoms with Gasteiger partial charge in [-0.3, -0.25) is 4.90 Å². The van der Waals surface area contributed by atoms with Crippen LogP contribution in [0.5, 0.6) is 0 Å². The average Bonchev–Trinajstić information content (AvgIpc) is 2.71. The van der Waals surface area contributed by atoms with Crippen LogP contribution in [0.25, 0.3) is 0 Å². The molecule has 0 aromatic carbocycles. The van der Waals surface area contributed by atoms with Crippen molar-refractivity contribution < 1.29 is 0 Å². The van der Waals surface area contributed by atoms with Crippen molar-refractivity contribution in [2.45, 2.75) is 26.4 Å². The smallest absolute Gasteiger partial charge is 0.122 e. The summed E-state index contributed by atoms with van der Waals surface area (Å²) in [4.78, 5) is 6.84. The van der Waals surface area contributed by atoms with Crippen LogP contribution in [0.1, 0.15) is 19.2 Å². The molecule has 0 amide bonds. The summed E-state index contributed by atoms with van der Waals surface area (Å²) < 4.78 is 2.25. The van der Waals surface area contributed by atoms with Crippen molar-refractivity contribution in [2.75, 3.05) is 26.2 Å². The van der Waals surface area contributed by atoms with E-state index in [1.807, 2.05) is 6.20 Å². The molecule has 0 bridgehead atoms. The third-order valence-electron chi connectivity index (χ3n) is 2.90. The fourth-order valence-electron chi connectivity index (χ4n) is 2.02. The quantitative estimate of drug-likeness (QED) is 0.723. The molecule has 0 fully saturated rings. The molecule has 0 radical (unpaired) electrons. The van der Waals surface area contributed by atoms with Gasteiger partial charge in [0, 0.05) is 25.5 Å². The molecule has 0 unspecified atom stereocenters. The predicted molar refractivity (Wildman–Crippen MR) is 60.7 cm³/mol.